The number of amides is 1. The van der Waals surface area contributed by atoms with Crippen LogP contribution >= 0.6 is 0 Å². The second-order valence-electron chi connectivity index (χ2n) is 4.64. The summed E-state index contributed by atoms with van der Waals surface area (Å²) in [6, 6.07) is 4.09. The Hall–Kier alpha value is -1.33. The molecule has 0 spiro atoms. The lowest BCUT2D eigenvalue weighted by atomic mass is 10.2. The van der Waals surface area contributed by atoms with Crippen molar-refractivity contribution in [1.29, 1.82) is 0 Å². The highest BCUT2D eigenvalue weighted by atomic mass is 16.5. The third-order valence-electron chi connectivity index (χ3n) is 3.49. The van der Waals surface area contributed by atoms with E-state index in [0.29, 0.717) is 19.2 Å². The minimum Gasteiger partial charge on any atom is -0.383 e. The number of rotatable bonds is 5. The van der Waals surface area contributed by atoms with E-state index >= 15 is 0 Å². The molecular weight excluding hydrogens is 230 g/mol. The second-order valence-corrected chi connectivity index (χ2v) is 4.64. The van der Waals surface area contributed by atoms with E-state index < -0.39 is 0 Å². The van der Waals surface area contributed by atoms with Gasteiger partial charge >= 0.3 is 0 Å². The van der Waals surface area contributed by atoms with Gasteiger partial charge in [0, 0.05) is 39.5 Å². The van der Waals surface area contributed by atoms with Gasteiger partial charge in [0.15, 0.2) is 0 Å². The van der Waals surface area contributed by atoms with Crippen molar-refractivity contribution in [3.8, 4) is 0 Å². The van der Waals surface area contributed by atoms with Crippen molar-refractivity contribution in [3.63, 3.8) is 0 Å². The molecule has 1 aliphatic heterocycles. The standard InChI is InChI=1S/C13H21N3O2/c1-15(11-5-6-14-10-11)13(17)12-4-3-7-16(12)8-9-18-2/h3-4,7,11,14H,5-6,8-10H2,1-2H3. The Bertz CT molecular complexity index is 397. The Morgan fingerprint density at radius 1 is 1.67 bits per heavy atom. The summed E-state index contributed by atoms with van der Waals surface area (Å²) in [5.74, 6) is 0.0878. The molecule has 1 atom stereocenters. The van der Waals surface area contributed by atoms with Crippen LogP contribution in [-0.2, 0) is 11.3 Å². The lowest BCUT2D eigenvalue weighted by molar-refractivity contribution is 0.0730. The van der Waals surface area contributed by atoms with Gasteiger partial charge in [-0.3, -0.25) is 4.79 Å². The maximum atomic E-state index is 12.4. The number of methoxy groups -OCH3 is 1. The van der Waals surface area contributed by atoms with Crippen molar-refractivity contribution in [2.45, 2.75) is 19.0 Å². The van der Waals surface area contributed by atoms with Crippen molar-refractivity contribution in [1.82, 2.24) is 14.8 Å². The van der Waals surface area contributed by atoms with Crippen LogP contribution in [0.5, 0.6) is 0 Å². The molecular formula is C13H21N3O2. The first-order chi connectivity index (χ1) is 8.74. The minimum atomic E-state index is 0.0878. The van der Waals surface area contributed by atoms with Gasteiger partial charge < -0.3 is 19.5 Å². The smallest absolute Gasteiger partial charge is 0.270 e. The Morgan fingerprint density at radius 2 is 2.50 bits per heavy atom. The molecule has 1 fully saturated rings. The molecule has 5 heteroatoms. The van der Waals surface area contributed by atoms with Gasteiger partial charge in [0.2, 0.25) is 0 Å². The molecule has 1 aliphatic rings. The average Bonchev–Trinajstić information content (AvgIpc) is 3.05. The molecule has 18 heavy (non-hydrogen) atoms. The van der Waals surface area contributed by atoms with Crippen molar-refractivity contribution in [3.05, 3.63) is 24.0 Å². The number of carbonyl (C=O) groups excluding carboxylic acids is 1. The van der Waals surface area contributed by atoms with Gasteiger partial charge in [-0.05, 0) is 25.1 Å². The third kappa shape index (κ3) is 2.73. The SMILES string of the molecule is COCCn1cccc1C(=O)N(C)C1CCNC1. The molecule has 2 rings (SSSR count). The number of nitrogens with zero attached hydrogens (tertiary/aromatic N) is 2. The number of aromatic nitrogens is 1. The van der Waals surface area contributed by atoms with Crippen molar-refractivity contribution >= 4 is 5.91 Å². The zero-order valence-electron chi connectivity index (χ0n) is 11.1. The summed E-state index contributed by atoms with van der Waals surface area (Å²) in [7, 11) is 3.55. The molecule has 1 N–H and O–H groups in total. The van der Waals surface area contributed by atoms with Crippen LogP contribution in [0.15, 0.2) is 18.3 Å². The van der Waals surface area contributed by atoms with E-state index in [0.717, 1.165) is 25.2 Å². The largest absolute Gasteiger partial charge is 0.383 e. The fourth-order valence-corrected chi connectivity index (χ4v) is 2.31. The predicted molar refractivity (Wildman–Crippen MR) is 69.7 cm³/mol. The van der Waals surface area contributed by atoms with E-state index in [-0.39, 0.29) is 5.91 Å². The van der Waals surface area contributed by atoms with E-state index in [1.165, 1.54) is 0 Å². The number of ether oxygens (including phenoxy) is 1. The van der Waals surface area contributed by atoms with Gasteiger partial charge in [-0.1, -0.05) is 0 Å². The summed E-state index contributed by atoms with van der Waals surface area (Å²) in [5.41, 5.74) is 0.737. The van der Waals surface area contributed by atoms with Gasteiger partial charge in [0.05, 0.1) is 6.61 Å². The van der Waals surface area contributed by atoms with Gasteiger partial charge in [0.25, 0.3) is 5.91 Å². The first kappa shape index (κ1) is 13.1. The van der Waals surface area contributed by atoms with Crippen LogP contribution < -0.4 is 5.32 Å². The van der Waals surface area contributed by atoms with E-state index in [1.54, 1.807) is 7.11 Å². The summed E-state index contributed by atoms with van der Waals surface area (Å²) in [4.78, 5) is 14.3. The summed E-state index contributed by atoms with van der Waals surface area (Å²) in [5, 5.41) is 3.28. The highest BCUT2D eigenvalue weighted by Crippen LogP contribution is 2.12. The summed E-state index contributed by atoms with van der Waals surface area (Å²) in [6.07, 6.45) is 2.95. The Kier molecular flexibility index (Phi) is 4.38. The normalized spacial score (nSPS) is 19.1. The van der Waals surface area contributed by atoms with Crippen LogP contribution in [0.2, 0.25) is 0 Å². The Morgan fingerprint density at radius 3 is 3.17 bits per heavy atom. The van der Waals surface area contributed by atoms with Crippen molar-refractivity contribution < 1.29 is 9.53 Å². The van der Waals surface area contributed by atoms with Crippen LogP contribution in [0.25, 0.3) is 0 Å². The van der Waals surface area contributed by atoms with Crippen molar-refractivity contribution in [2.75, 3.05) is 33.9 Å². The molecule has 0 saturated carbocycles. The van der Waals surface area contributed by atoms with E-state index in [1.807, 2.05) is 34.8 Å². The number of likely N-dealkylation sites (N-methyl/N-ethyl adjacent to an activating group) is 1. The Labute approximate surface area is 108 Å². The minimum absolute atomic E-state index is 0.0878. The molecule has 1 amide bonds. The van der Waals surface area contributed by atoms with Crippen LogP contribution in [-0.4, -0.2) is 55.3 Å². The van der Waals surface area contributed by atoms with E-state index in [9.17, 15) is 4.79 Å². The highest BCUT2D eigenvalue weighted by Gasteiger charge is 2.25. The van der Waals surface area contributed by atoms with Crippen LogP contribution in [0.3, 0.4) is 0 Å². The van der Waals surface area contributed by atoms with Crippen molar-refractivity contribution in [2.24, 2.45) is 0 Å². The zero-order valence-corrected chi connectivity index (χ0v) is 11.1. The molecule has 1 unspecified atom stereocenters. The van der Waals surface area contributed by atoms with Gasteiger partial charge in [-0.15, -0.1) is 0 Å². The molecule has 1 saturated heterocycles. The molecule has 0 aliphatic carbocycles. The van der Waals surface area contributed by atoms with Gasteiger partial charge in [-0.2, -0.15) is 0 Å². The lowest BCUT2D eigenvalue weighted by Gasteiger charge is -2.24. The monoisotopic (exact) mass is 251 g/mol. The lowest BCUT2D eigenvalue weighted by Crippen LogP contribution is -2.39. The number of carbonyl (C=O) groups is 1. The fourth-order valence-electron chi connectivity index (χ4n) is 2.31. The molecule has 0 bridgehead atoms. The molecule has 1 aromatic heterocycles. The molecule has 2 heterocycles. The average molecular weight is 251 g/mol. The number of hydrogen-bond donors (Lipinski definition) is 1. The molecule has 100 valence electrons. The van der Waals surface area contributed by atoms with E-state index in [4.69, 9.17) is 4.74 Å². The fraction of sp³-hybridized carbons (Fsp3) is 0.615. The molecule has 0 aromatic carbocycles. The number of nitrogens with one attached hydrogen (secondary N) is 1. The van der Waals surface area contributed by atoms with Gasteiger partial charge in [-0.25, -0.2) is 0 Å². The third-order valence-corrected chi connectivity index (χ3v) is 3.49. The molecule has 5 nitrogen and oxygen atoms in total. The zero-order chi connectivity index (χ0) is 13.0. The molecule has 1 aromatic rings. The first-order valence-corrected chi connectivity index (χ1v) is 6.36. The van der Waals surface area contributed by atoms with E-state index in [2.05, 4.69) is 5.32 Å². The quantitative estimate of drug-likeness (QED) is 0.832. The topological polar surface area (TPSA) is 46.5 Å². The maximum absolute atomic E-state index is 12.4. The van der Waals surface area contributed by atoms with Crippen LogP contribution in [0, 0.1) is 0 Å². The van der Waals surface area contributed by atoms with Crippen LogP contribution in [0.4, 0.5) is 0 Å². The molecule has 0 radical (unpaired) electrons. The van der Waals surface area contributed by atoms with Crippen LogP contribution in [0.1, 0.15) is 16.9 Å². The number of hydrogen-bond acceptors (Lipinski definition) is 3. The predicted octanol–water partition coefficient (Wildman–Crippen LogP) is 0.568. The van der Waals surface area contributed by atoms with Gasteiger partial charge in [0.1, 0.15) is 5.69 Å². The second kappa shape index (κ2) is 6.02. The summed E-state index contributed by atoms with van der Waals surface area (Å²) >= 11 is 0. The highest BCUT2D eigenvalue weighted by molar-refractivity contribution is 5.92. The first-order valence-electron chi connectivity index (χ1n) is 6.36. The Balaban J connectivity index is 2.05. The maximum Gasteiger partial charge on any atom is 0.270 e. The summed E-state index contributed by atoms with van der Waals surface area (Å²) in [6.45, 7) is 3.21. The summed E-state index contributed by atoms with van der Waals surface area (Å²) < 4.78 is 7.00.